The molecule has 9 nitrogen and oxygen atoms in total. The Labute approximate surface area is 157 Å². The number of hydrogen-bond donors (Lipinski definition) is 2. The first kappa shape index (κ1) is 18.5. The van der Waals surface area contributed by atoms with E-state index in [-0.39, 0.29) is 21.8 Å². The van der Waals surface area contributed by atoms with Gasteiger partial charge >= 0.3 is 0 Å². The lowest BCUT2D eigenvalue weighted by molar-refractivity contribution is -0.384. The van der Waals surface area contributed by atoms with Crippen LogP contribution in [0.2, 0.25) is 0 Å². The molecule has 0 spiro atoms. The first-order chi connectivity index (χ1) is 12.8. The minimum atomic E-state index is -3.96. The van der Waals surface area contributed by atoms with Crippen LogP contribution >= 0.6 is 11.3 Å². The first-order valence-corrected chi connectivity index (χ1v) is 9.79. The zero-order valence-corrected chi connectivity index (χ0v) is 15.2. The zero-order chi connectivity index (χ0) is 19.4. The highest BCUT2D eigenvalue weighted by molar-refractivity contribution is 7.92. The SMILES string of the molecule is O=C(Nc1nccs1)c1cccc(NS(=O)(=O)c2ccc([N+](=O)[O-])cc2)c1. The van der Waals surface area contributed by atoms with Gasteiger partial charge in [-0.2, -0.15) is 0 Å². The largest absolute Gasteiger partial charge is 0.298 e. The van der Waals surface area contributed by atoms with Crippen LogP contribution in [-0.4, -0.2) is 24.2 Å². The van der Waals surface area contributed by atoms with Gasteiger partial charge in [0.1, 0.15) is 0 Å². The molecule has 0 radical (unpaired) electrons. The summed E-state index contributed by atoms with van der Waals surface area (Å²) in [5.74, 6) is -0.429. The fourth-order valence-corrected chi connectivity index (χ4v) is 3.71. The second-order valence-electron chi connectivity index (χ2n) is 5.23. The second kappa shape index (κ2) is 7.51. The van der Waals surface area contributed by atoms with Crippen LogP contribution in [-0.2, 0) is 10.0 Å². The van der Waals surface area contributed by atoms with Crippen molar-refractivity contribution in [3.63, 3.8) is 0 Å². The van der Waals surface area contributed by atoms with E-state index in [4.69, 9.17) is 0 Å². The predicted octanol–water partition coefficient (Wildman–Crippen LogP) is 3.10. The number of non-ortho nitro benzene ring substituents is 1. The van der Waals surface area contributed by atoms with Gasteiger partial charge in [0.2, 0.25) is 0 Å². The summed E-state index contributed by atoms with van der Waals surface area (Å²) in [6.07, 6.45) is 1.55. The van der Waals surface area contributed by atoms with Crippen LogP contribution < -0.4 is 10.0 Å². The van der Waals surface area contributed by atoms with Crippen LogP contribution in [0.4, 0.5) is 16.5 Å². The Bertz CT molecular complexity index is 1080. The van der Waals surface area contributed by atoms with Gasteiger partial charge < -0.3 is 0 Å². The topological polar surface area (TPSA) is 131 Å². The summed E-state index contributed by atoms with van der Waals surface area (Å²) >= 11 is 1.26. The van der Waals surface area contributed by atoms with E-state index in [0.717, 1.165) is 24.3 Å². The highest BCUT2D eigenvalue weighted by atomic mass is 32.2. The average Bonchev–Trinajstić information content (AvgIpc) is 3.14. The van der Waals surface area contributed by atoms with Gasteiger partial charge in [0.15, 0.2) is 5.13 Å². The highest BCUT2D eigenvalue weighted by Crippen LogP contribution is 2.20. The number of nitrogens with one attached hydrogen (secondary N) is 2. The number of anilines is 2. The Kier molecular flexibility index (Phi) is 5.14. The molecule has 2 aromatic carbocycles. The smallest absolute Gasteiger partial charge is 0.269 e. The molecule has 0 fully saturated rings. The van der Waals surface area contributed by atoms with Crippen molar-refractivity contribution >= 4 is 43.8 Å². The number of amides is 1. The molecule has 0 unspecified atom stereocenters. The van der Waals surface area contributed by atoms with Crippen LogP contribution in [0.15, 0.2) is 65.0 Å². The first-order valence-electron chi connectivity index (χ1n) is 7.43. The third-order valence-corrected chi connectivity index (χ3v) is 5.47. The Hall–Kier alpha value is -3.31. The van der Waals surface area contributed by atoms with Crippen LogP contribution in [0.1, 0.15) is 10.4 Å². The Morgan fingerprint density at radius 2 is 1.89 bits per heavy atom. The van der Waals surface area contributed by atoms with Crippen molar-refractivity contribution in [1.29, 1.82) is 0 Å². The van der Waals surface area contributed by atoms with Crippen LogP contribution in [0.25, 0.3) is 0 Å². The molecule has 3 aromatic rings. The van der Waals surface area contributed by atoms with Gasteiger partial charge in [-0.25, -0.2) is 13.4 Å². The summed E-state index contributed by atoms with van der Waals surface area (Å²) in [5.41, 5.74) is 0.212. The lowest BCUT2D eigenvalue weighted by atomic mass is 10.2. The normalized spacial score (nSPS) is 11.0. The lowest BCUT2D eigenvalue weighted by Gasteiger charge is -2.09. The number of rotatable bonds is 6. The van der Waals surface area contributed by atoms with Crippen LogP contribution in [0.3, 0.4) is 0 Å². The summed E-state index contributed by atoms with van der Waals surface area (Å²) in [4.78, 5) is 26.1. The molecular weight excluding hydrogens is 392 g/mol. The number of carbonyl (C=O) groups excluding carboxylic acids is 1. The van der Waals surface area contributed by atoms with Crippen molar-refractivity contribution in [1.82, 2.24) is 4.98 Å². The molecule has 138 valence electrons. The number of nitro benzene ring substituents is 1. The van der Waals surface area contributed by atoms with Crippen LogP contribution in [0.5, 0.6) is 0 Å². The molecule has 0 aliphatic heterocycles. The Morgan fingerprint density at radius 1 is 1.15 bits per heavy atom. The molecule has 0 saturated heterocycles. The number of nitrogens with zero attached hydrogens (tertiary/aromatic N) is 2. The Morgan fingerprint density at radius 3 is 2.52 bits per heavy atom. The van der Waals surface area contributed by atoms with Gasteiger partial charge in [-0.15, -0.1) is 11.3 Å². The second-order valence-corrected chi connectivity index (χ2v) is 7.81. The zero-order valence-electron chi connectivity index (χ0n) is 13.5. The van der Waals surface area contributed by atoms with Gasteiger partial charge in [-0.1, -0.05) is 6.07 Å². The molecule has 0 atom stereocenters. The van der Waals surface area contributed by atoms with Gasteiger partial charge in [-0.05, 0) is 30.3 Å². The number of carbonyl (C=O) groups is 1. The van der Waals surface area contributed by atoms with Gasteiger partial charge in [0.05, 0.1) is 9.82 Å². The van der Waals surface area contributed by atoms with Crippen molar-refractivity contribution in [3.8, 4) is 0 Å². The summed E-state index contributed by atoms with van der Waals surface area (Å²) in [6, 6.07) is 10.4. The van der Waals surface area contributed by atoms with Crippen molar-refractivity contribution in [2.24, 2.45) is 0 Å². The van der Waals surface area contributed by atoms with E-state index in [0.29, 0.717) is 5.13 Å². The number of hydrogen-bond acceptors (Lipinski definition) is 7. The van der Waals surface area contributed by atoms with E-state index in [1.54, 1.807) is 11.6 Å². The van der Waals surface area contributed by atoms with Crippen LogP contribution in [0, 0.1) is 10.1 Å². The molecule has 2 N–H and O–H groups in total. The van der Waals surface area contributed by atoms with E-state index in [9.17, 15) is 23.3 Å². The number of nitro groups is 1. The monoisotopic (exact) mass is 404 g/mol. The molecule has 0 aliphatic rings. The predicted molar refractivity (Wildman–Crippen MR) is 100 cm³/mol. The van der Waals surface area contributed by atoms with E-state index in [2.05, 4.69) is 15.0 Å². The molecule has 3 rings (SSSR count). The minimum Gasteiger partial charge on any atom is -0.298 e. The fourth-order valence-electron chi connectivity index (χ4n) is 2.14. The molecule has 0 bridgehead atoms. The molecule has 11 heteroatoms. The molecule has 0 saturated carbocycles. The number of benzene rings is 2. The minimum absolute atomic E-state index is 0.134. The van der Waals surface area contributed by atoms with Crippen molar-refractivity contribution in [3.05, 3.63) is 75.8 Å². The third kappa shape index (κ3) is 4.46. The summed E-state index contributed by atoms with van der Waals surface area (Å²) in [7, 11) is -3.96. The van der Waals surface area contributed by atoms with Gasteiger partial charge in [-0.3, -0.25) is 24.9 Å². The van der Waals surface area contributed by atoms with E-state index in [1.807, 2.05) is 0 Å². The molecule has 0 aliphatic carbocycles. The number of thiazole rings is 1. The highest BCUT2D eigenvalue weighted by Gasteiger charge is 2.17. The van der Waals surface area contributed by atoms with Crippen molar-refractivity contribution in [2.75, 3.05) is 10.0 Å². The lowest BCUT2D eigenvalue weighted by Crippen LogP contribution is -2.15. The maximum absolute atomic E-state index is 12.4. The van der Waals surface area contributed by atoms with Gasteiger partial charge in [0.25, 0.3) is 21.6 Å². The maximum Gasteiger partial charge on any atom is 0.269 e. The molecule has 1 amide bonds. The molecule has 27 heavy (non-hydrogen) atoms. The molecular formula is C16H12N4O5S2. The quantitative estimate of drug-likeness (QED) is 0.479. The van der Waals surface area contributed by atoms with Crippen molar-refractivity contribution < 1.29 is 18.1 Å². The fraction of sp³-hybridized carbons (Fsp3) is 0. The third-order valence-electron chi connectivity index (χ3n) is 3.39. The molecule has 1 heterocycles. The van der Waals surface area contributed by atoms with Crippen molar-refractivity contribution in [2.45, 2.75) is 4.90 Å². The van der Waals surface area contributed by atoms with Gasteiger partial charge in [0, 0.05) is 35.0 Å². The van der Waals surface area contributed by atoms with E-state index in [1.165, 1.54) is 35.6 Å². The number of sulfonamides is 1. The molecule has 1 aromatic heterocycles. The average molecular weight is 404 g/mol. The summed E-state index contributed by atoms with van der Waals surface area (Å²) in [5, 5.41) is 15.4. The summed E-state index contributed by atoms with van der Waals surface area (Å²) < 4.78 is 27.2. The maximum atomic E-state index is 12.4. The number of aromatic nitrogens is 1. The van der Waals surface area contributed by atoms with E-state index < -0.39 is 20.9 Å². The standard InChI is InChI=1S/C16H12N4O5S2/c21-15(18-16-17-8-9-26-16)11-2-1-3-12(10-11)19-27(24,25)14-6-4-13(5-7-14)20(22)23/h1-10,19H,(H,17,18,21). The van der Waals surface area contributed by atoms with E-state index >= 15 is 0 Å². The Balaban J connectivity index is 1.78. The summed E-state index contributed by atoms with van der Waals surface area (Å²) in [6.45, 7) is 0.